The van der Waals surface area contributed by atoms with Crippen molar-refractivity contribution < 1.29 is 13.2 Å². The van der Waals surface area contributed by atoms with Crippen LogP contribution in [0.2, 0.25) is 0 Å². The molecule has 4 nitrogen and oxygen atoms in total. The van der Waals surface area contributed by atoms with Gasteiger partial charge in [-0.2, -0.15) is 13.2 Å². The maximum atomic E-state index is 12.3. The van der Waals surface area contributed by atoms with Crippen LogP contribution in [0.25, 0.3) is 0 Å². The molecule has 3 rings (SSSR count). The van der Waals surface area contributed by atoms with Gasteiger partial charge in [0.2, 0.25) is 0 Å². The minimum atomic E-state index is -4.43. The lowest BCUT2D eigenvalue weighted by Crippen LogP contribution is -2.40. The predicted molar refractivity (Wildman–Crippen MR) is 63.5 cm³/mol. The number of fused-ring (bicyclic) bond motifs is 1. The molecule has 1 aliphatic carbocycles. The van der Waals surface area contributed by atoms with E-state index in [0.29, 0.717) is 18.4 Å². The number of aromatic nitrogens is 2. The number of piperidine rings is 1. The zero-order valence-electron chi connectivity index (χ0n) is 10.2. The summed E-state index contributed by atoms with van der Waals surface area (Å²) >= 11 is 0. The summed E-state index contributed by atoms with van der Waals surface area (Å²) in [6.45, 7) is 1.72. The molecule has 2 fully saturated rings. The van der Waals surface area contributed by atoms with Crippen molar-refractivity contribution in [1.29, 1.82) is 0 Å². The van der Waals surface area contributed by atoms with Crippen LogP contribution in [0.5, 0.6) is 0 Å². The van der Waals surface area contributed by atoms with Crippen molar-refractivity contribution in [2.75, 3.05) is 18.4 Å². The Bertz CT molecular complexity index is 445. The van der Waals surface area contributed by atoms with Gasteiger partial charge in [-0.25, -0.2) is 9.97 Å². The quantitative estimate of drug-likeness (QED) is 0.882. The average molecular weight is 272 g/mol. The molecule has 0 amide bonds. The monoisotopic (exact) mass is 272 g/mol. The maximum Gasteiger partial charge on any atom is 0.434 e. The van der Waals surface area contributed by atoms with E-state index >= 15 is 0 Å². The Kier molecular flexibility index (Phi) is 3.08. The normalized spacial score (nSPS) is 29.7. The van der Waals surface area contributed by atoms with E-state index in [-0.39, 0.29) is 0 Å². The number of hydrogen-bond donors (Lipinski definition) is 2. The average Bonchev–Trinajstić information content (AvgIpc) is 3.14. The molecule has 2 heterocycles. The fourth-order valence-corrected chi connectivity index (χ4v) is 2.56. The molecule has 0 spiro atoms. The third-order valence-corrected chi connectivity index (χ3v) is 3.80. The molecule has 0 aromatic carbocycles. The van der Waals surface area contributed by atoms with Crippen molar-refractivity contribution in [2.45, 2.75) is 25.1 Å². The van der Waals surface area contributed by atoms with E-state index in [4.69, 9.17) is 0 Å². The number of nitrogens with one attached hydrogen (secondary N) is 2. The number of nitrogens with zero attached hydrogens (tertiary/aromatic N) is 2. The first-order chi connectivity index (χ1) is 9.02. The molecule has 19 heavy (non-hydrogen) atoms. The summed E-state index contributed by atoms with van der Waals surface area (Å²) in [4.78, 5) is 7.10. The van der Waals surface area contributed by atoms with Crippen LogP contribution in [0.15, 0.2) is 12.4 Å². The first-order valence-corrected chi connectivity index (χ1v) is 6.39. The fraction of sp³-hybridized carbons (Fsp3) is 0.667. The highest BCUT2D eigenvalue weighted by molar-refractivity contribution is 5.31. The Morgan fingerprint density at radius 3 is 2.68 bits per heavy atom. The van der Waals surface area contributed by atoms with E-state index in [0.717, 1.165) is 37.2 Å². The number of alkyl halides is 3. The lowest BCUT2D eigenvalue weighted by molar-refractivity contribution is -0.141. The highest BCUT2D eigenvalue weighted by atomic mass is 19.4. The van der Waals surface area contributed by atoms with E-state index in [1.165, 1.54) is 6.42 Å². The van der Waals surface area contributed by atoms with Gasteiger partial charge in [0.25, 0.3) is 0 Å². The Balaban J connectivity index is 1.52. The Labute approximate surface area is 108 Å². The van der Waals surface area contributed by atoms with Gasteiger partial charge in [0.15, 0.2) is 5.69 Å². The second-order valence-electron chi connectivity index (χ2n) is 5.26. The number of anilines is 1. The van der Waals surface area contributed by atoms with Gasteiger partial charge in [-0.05, 0) is 31.2 Å². The first kappa shape index (κ1) is 12.7. The van der Waals surface area contributed by atoms with Gasteiger partial charge in [-0.15, -0.1) is 0 Å². The van der Waals surface area contributed by atoms with Crippen LogP contribution in [0.1, 0.15) is 18.5 Å². The molecule has 1 saturated carbocycles. The van der Waals surface area contributed by atoms with E-state index in [1.54, 1.807) is 0 Å². The standard InChI is InChI=1S/C12H15F3N4/c13-12(14,15)10-5-19-11(6-17-10)18-4-9-2-7-1-8(7)3-16-9/h5-9,16H,1-4H2,(H,18,19). The van der Waals surface area contributed by atoms with Crippen molar-refractivity contribution in [3.63, 3.8) is 0 Å². The Hall–Kier alpha value is -1.37. The van der Waals surface area contributed by atoms with Gasteiger partial charge in [0.1, 0.15) is 5.82 Å². The van der Waals surface area contributed by atoms with Gasteiger partial charge >= 0.3 is 6.18 Å². The molecule has 3 unspecified atom stereocenters. The molecule has 1 aromatic heterocycles. The molecule has 1 aliphatic heterocycles. The van der Waals surface area contributed by atoms with Gasteiger partial charge in [0, 0.05) is 12.6 Å². The van der Waals surface area contributed by atoms with E-state index < -0.39 is 11.9 Å². The van der Waals surface area contributed by atoms with Crippen LogP contribution in [0, 0.1) is 11.8 Å². The van der Waals surface area contributed by atoms with E-state index in [1.807, 2.05) is 0 Å². The second-order valence-corrected chi connectivity index (χ2v) is 5.26. The lowest BCUT2D eigenvalue weighted by Gasteiger charge is -2.23. The molecule has 0 bridgehead atoms. The minimum absolute atomic E-state index is 0.368. The lowest BCUT2D eigenvalue weighted by atomic mass is 10.1. The molecule has 7 heteroatoms. The van der Waals surface area contributed by atoms with Crippen molar-refractivity contribution in [2.24, 2.45) is 11.8 Å². The zero-order valence-corrected chi connectivity index (χ0v) is 10.2. The number of rotatable bonds is 3. The molecular weight excluding hydrogens is 257 g/mol. The molecule has 0 radical (unpaired) electrons. The number of halogens is 3. The van der Waals surface area contributed by atoms with Crippen LogP contribution in [0.4, 0.5) is 19.0 Å². The van der Waals surface area contributed by atoms with Crippen LogP contribution in [-0.4, -0.2) is 29.1 Å². The molecular formula is C12H15F3N4. The SMILES string of the molecule is FC(F)(F)c1cnc(NCC2CC3CC3CN2)cn1. The summed E-state index contributed by atoms with van der Waals surface area (Å²) in [6.07, 6.45) is -0.105. The molecule has 2 aliphatic rings. The summed E-state index contributed by atoms with van der Waals surface area (Å²) < 4.78 is 36.9. The van der Waals surface area contributed by atoms with Crippen LogP contribution < -0.4 is 10.6 Å². The van der Waals surface area contributed by atoms with Crippen LogP contribution in [0.3, 0.4) is 0 Å². The third-order valence-electron chi connectivity index (χ3n) is 3.80. The fourth-order valence-electron chi connectivity index (χ4n) is 2.56. The van der Waals surface area contributed by atoms with Gasteiger partial charge < -0.3 is 10.6 Å². The summed E-state index contributed by atoms with van der Waals surface area (Å²) in [7, 11) is 0. The third kappa shape index (κ3) is 2.97. The predicted octanol–water partition coefficient (Wildman–Crippen LogP) is 1.91. The summed E-state index contributed by atoms with van der Waals surface area (Å²) in [5.41, 5.74) is -0.963. The minimum Gasteiger partial charge on any atom is -0.367 e. The van der Waals surface area contributed by atoms with Crippen molar-refractivity contribution in [1.82, 2.24) is 15.3 Å². The highest BCUT2D eigenvalue weighted by Gasteiger charge is 2.41. The van der Waals surface area contributed by atoms with Gasteiger partial charge in [0.05, 0.1) is 12.4 Å². The number of hydrogen-bond acceptors (Lipinski definition) is 4. The molecule has 2 N–H and O–H groups in total. The van der Waals surface area contributed by atoms with Crippen molar-refractivity contribution in [3.8, 4) is 0 Å². The Morgan fingerprint density at radius 1 is 1.21 bits per heavy atom. The molecule has 3 atom stereocenters. The Morgan fingerprint density at radius 2 is 2.05 bits per heavy atom. The van der Waals surface area contributed by atoms with E-state index in [2.05, 4.69) is 20.6 Å². The zero-order chi connectivity index (χ0) is 13.5. The molecule has 1 aromatic rings. The topological polar surface area (TPSA) is 49.8 Å². The van der Waals surface area contributed by atoms with Gasteiger partial charge in [-0.1, -0.05) is 0 Å². The van der Waals surface area contributed by atoms with Crippen molar-refractivity contribution in [3.05, 3.63) is 18.1 Å². The maximum absolute atomic E-state index is 12.3. The molecule has 1 saturated heterocycles. The highest BCUT2D eigenvalue weighted by Crippen LogP contribution is 2.43. The van der Waals surface area contributed by atoms with Crippen LogP contribution >= 0.6 is 0 Å². The van der Waals surface area contributed by atoms with E-state index in [9.17, 15) is 13.2 Å². The smallest absolute Gasteiger partial charge is 0.367 e. The summed E-state index contributed by atoms with van der Waals surface area (Å²) in [5, 5.41) is 6.45. The largest absolute Gasteiger partial charge is 0.434 e. The van der Waals surface area contributed by atoms with Gasteiger partial charge in [-0.3, -0.25) is 0 Å². The summed E-state index contributed by atoms with van der Waals surface area (Å²) in [6, 6.07) is 0.368. The second kappa shape index (κ2) is 4.63. The summed E-state index contributed by atoms with van der Waals surface area (Å²) in [5.74, 6) is 2.07. The van der Waals surface area contributed by atoms with Crippen molar-refractivity contribution >= 4 is 5.82 Å². The van der Waals surface area contributed by atoms with Crippen LogP contribution in [-0.2, 0) is 6.18 Å². The first-order valence-electron chi connectivity index (χ1n) is 6.39. The molecule has 104 valence electrons.